The summed E-state index contributed by atoms with van der Waals surface area (Å²) in [6.45, 7) is 14.8. The van der Waals surface area contributed by atoms with Gasteiger partial charge in [0.25, 0.3) is 0 Å². The van der Waals surface area contributed by atoms with Crippen molar-refractivity contribution in [1.82, 2.24) is 0 Å². The van der Waals surface area contributed by atoms with Crippen LogP contribution < -0.4 is 0 Å². The molecule has 0 aliphatic heterocycles. The van der Waals surface area contributed by atoms with Gasteiger partial charge in [-0.05, 0) is 4.43 Å². The van der Waals surface area contributed by atoms with Gasteiger partial charge in [-0.2, -0.15) is 0 Å². The van der Waals surface area contributed by atoms with Crippen LogP contribution in [0.25, 0.3) is 0 Å². The van der Waals surface area contributed by atoms with Gasteiger partial charge in [-0.3, -0.25) is 0 Å². The zero-order valence-electron chi connectivity index (χ0n) is 10.9. The van der Waals surface area contributed by atoms with Gasteiger partial charge in [0.05, 0.1) is 0 Å². The fourth-order valence-corrected chi connectivity index (χ4v) is 0.354. The van der Waals surface area contributed by atoms with Crippen molar-refractivity contribution in [2.75, 3.05) is 4.43 Å². The summed E-state index contributed by atoms with van der Waals surface area (Å²) in [5, 5.41) is 0. The molecular formula is C12H31I. The molecule has 0 rings (SSSR count). The van der Waals surface area contributed by atoms with Crippen molar-refractivity contribution in [3.8, 4) is 0 Å². The van der Waals surface area contributed by atoms with E-state index in [0.29, 0.717) is 0 Å². The van der Waals surface area contributed by atoms with Gasteiger partial charge in [-0.1, -0.05) is 96.7 Å². The second-order valence-electron chi connectivity index (χ2n) is 2.33. The summed E-state index contributed by atoms with van der Waals surface area (Å²) in [4.78, 5) is 0. The SMILES string of the molecule is CC.CCC.CCCCC.CCI. The van der Waals surface area contributed by atoms with Crippen molar-refractivity contribution >= 4 is 22.6 Å². The van der Waals surface area contributed by atoms with E-state index < -0.39 is 0 Å². The highest BCUT2D eigenvalue weighted by Gasteiger charge is 1.68. The molecule has 0 N–H and O–H groups in total. The van der Waals surface area contributed by atoms with Crippen LogP contribution in [-0.4, -0.2) is 4.43 Å². The number of hydrogen-bond donors (Lipinski definition) is 0. The van der Waals surface area contributed by atoms with E-state index in [4.69, 9.17) is 0 Å². The molecule has 0 saturated carbocycles. The summed E-state index contributed by atoms with van der Waals surface area (Å²) in [6.07, 6.45) is 5.33. The van der Waals surface area contributed by atoms with E-state index >= 15 is 0 Å². The van der Waals surface area contributed by atoms with Crippen LogP contribution in [0.3, 0.4) is 0 Å². The second kappa shape index (κ2) is 53.3. The molecule has 0 nitrogen and oxygen atoms in total. The van der Waals surface area contributed by atoms with E-state index in [2.05, 4.69) is 57.2 Å². The van der Waals surface area contributed by atoms with Crippen molar-refractivity contribution in [3.63, 3.8) is 0 Å². The minimum atomic E-state index is 1.22. The van der Waals surface area contributed by atoms with Gasteiger partial charge in [0, 0.05) is 0 Å². The van der Waals surface area contributed by atoms with Crippen molar-refractivity contribution in [2.45, 2.75) is 74.1 Å². The van der Waals surface area contributed by atoms with Crippen LogP contribution in [0.15, 0.2) is 0 Å². The molecule has 0 bridgehead atoms. The van der Waals surface area contributed by atoms with Crippen LogP contribution in [0.2, 0.25) is 0 Å². The lowest BCUT2D eigenvalue weighted by molar-refractivity contribution is 0.772. The van der Waals surface area contributed by atoms with Gasteiger partial charge in [-0.15, -0.1) is 0 Å². The topological polar surface area (TPSA) is 0 Å². The van der Waals surface area contributed by atoms with Gasteiger partial charge in [0.15, 0.2) is 0 Å². The van der Waals surface area contributed by atoms with Gasteiger partial charge in [0.1, 0.15) is 0 Å². The van der Waals surface area contributed by atoms with Crippen LogP contribution in [0.1, 0.15) is 74.1 Å². The normalized spacial score (nSPS) is 6.46. The van der Waals surface area contributed by atoms with Crippen molar-refractivity contribution in [2.24, 2.45) is 0 Å². The first kappa shape index (κ1) is 23.5. The molecule has 0 fully saturated rings. The lowest BCUT2D eigenvalue weighted by Gasteiger charge is -1.79. The third kappa shape index (κ3) is 197. The Bertz CT molecular complexity index is 24.3. The molecule has 0 aromatic heterocycles. The Balaban J connectivity index is -0.0000000446. The molecule has 0 aliphatic carbocycles. The Morgan fingerprint density at radius 3 is 0.923 bits per heavy atom. The summed E-state index contributed by atoms with van der Waals surface area (Å²) in [5.74, 6) is 0. The predicted octanol–water partition coefficient (Wildman–Crippen LogP) is 6.08. The van der Waals surface area contributed by atoms with Gasteiger partial charge in [0.2, 0.25) is 0 Å². The number of rotatable bonds is 2. The minimum Gasteiger partial charge on any atom is -0.0867 e. The largest absolute Gasteiger partial charge is 0.0867 e. The summed E-state index contributed by atoms with van der Waals surface area (Å²) < 4.78 is 1.22. The lowest BCUT2D eigenvalue weighted by Crippen LogP contribution is -1.59. The van der Waals surface area contributed by atoms with Crippen LogP contribution in [0, 0.1) is 0 Å². The lowest BCUT2D eigenvalue weighted by atomic mass is 10.3. The van der Waals surface area contributed by atoms with Crippen LogP contribution in [-0.2, 0) is 0 Å². The fraction of sp³-hybridized carbons (Fsp3) is 1.00. The molecule has 0 spiro atoms. The monoisotopic (exact) mass is 302 g/mol. The first-order valence-electron chi connectivity index (χ1n) is 5.80. The molecule has 0 amide bonds. The zero-order valence-corrected chi connectivity index (χ0v) is 13.1. The van der Waals surface area contributed by atoms with E-state index in [1.165, 1.54) is 30.1 Å². The van der Waals surface area contributed by atoms with E-state index in [9.17, 15) is 0 Å². The Morgan fingerprint density at radius 2 is 0.923 bits per heavy atom. The quantitative estimate of drug-likeness (QED) is 0.428. The molecule has 0 atom stereocenters. The molecular weight excluding hydrogens is 271 g/mol. The first-order valence-corrected chi connectivity index (χ1v) is 7.33. The molecule has 86 valence electrons. The predicted molar refractivity (Wildman–Crippen MR) is 77.1 cm³/mol. The molecule has 0 unspecified atom stereocenters. The summed E-state index contributed by atoms with van der Waals surface area (Å²) in [7, 11) is 0. The average Bonchev–Trinajstić information content (AvgIpc) is 2.12. The van der Waals surface area contributed by atoms with E-state index in [0.717, 1.165) is 0 Å². The molecule has 1 heteroatoms. The van der Waals surface area contributed by atoms with Crippen LogP contribution >= 0.6 is 22.6 Å². The molecule has 13 heavy (non-hydrogen) atoms. The van der Waals surface area contributed by atoms with E-state index in [-0.39, 0.29) is 0 Å². The highest BCUT2D eigenvalue weighted by molar-refractivity contribution is 14.1. The molecule has 0 aliphatic rings. The maximum atomic E-state index is 2.29. The maximum absolute atomic E-state index is 2.29. The highest BCUT2D eigenvalue weighted by Crippen LogP contribution is 1.88. The smallest absolute Gasteiger partial charge is 0.00332 e. The molecule has 0 heterocycles. The molecule has 0 aromatic rings. The number of unbranched alkanes of at least 4 members (excludes halogenated alkanes) is 2. The molecule has 0 aromatic carbocycles. The Hall–Kier alpha value is 0.730. The summed E-state index contributed by atoms with van der Waals surface area (Å²) in [5.41, 5.74) is 0. The van der Waals surface area contributed by atoms with Crippen molar-refractivity contribution < 1.29 is 0 Å². The van der Waals surface area contributed by atoms with Crippen molar-refractivity contribution in [1.29, 1.82) is 0 Å². The third-order valence-corrected chi connectivity index (χ3v) is 0.707. The average molecular weight is 302 g/mol. The van der Waals surface area contributed by atoms with Crippen molar-refractivity contribution in [3.05, 3.63) is 0 Å². The fourth-order valence-electron chi connectivity index (χ4n) is 0.354. The Labute approximate surface area is 101 Å². The van der Waals surface area contributed by atoms with Crippen LogP contribution in [0.4, 0.5) is 0 Å². The summed E-state index contributed by atoms with van der Waals surface area (Å²) >= 11 is 2.29. The first-order chi connectivity index (χ1) is 6.24. The van der Waals surface area contributed by atoms with E-state index in [1.54, 1.807) is 0 Å². The highest BCUT2D eigenvalue weighted by atomic mass is 127. The van der Waals surface area contributed by atoms with Crippen LogP contribution in [0.5, 0.6) is 0 Å². The van der Waals surface area contributed by atoms with Gasteiger partial charge in [-0.25, -0.2) is 0 Å². The number of halogens is 1. The van der Waals surface area contributed by atoms with Gasteiger partial charge < -0.3 is 0 Å². The maximum Gasteiger partial charge on any atom is -0.00332 e. The van der Waals surface area contributed by atoms with Gasteiger partial charge >= 0.3 is 0 Å². The standard InChI is InChI=1S/C5H12.C3H8.C2H5I.C2H6/c1-3-5-4-2;1-3-2;1-2-3;1-2/h3-5H2,1-2H3;3H2,1-2H3;2H2,1H3;1-2H3. The Morgan fingerprint density at radius 1 is 0.769 bits per heavy atom. The Kier molecular flexibility index (Phi) is 96.4. The molecule has 0 saturated heterocycles. The number of hydrogen-bond acceptors (Lipinski definition) is 0. The third-order valence-electron chi connectivity index (χ3n) is 0.707. The summed E-state index contributed by atoms with van der Waals surface area (Å²) in [6, 6.07) is 0. The molecule has 0 radical (unpaired) electrons. The second-order valence-corrected chi connectivity index (χ2v) is 3.85. The van der Waals surface area contributed by atoms with E-state index in [1.807, 2.05) is 13.8 Å². The minimum absolute atomic E-state index is 1.22. The number of alkyl halides is 1. The zero-order chi connectivity index (χ0) is 11.5.